The van der Waals surface area contributed by atoms with Gasteiger partial charge in [0.25, 0.3) is 0 Å². The van der Waals surface area contributed by atoms with E-state index in [9.17, 15) is 4.39 Å². The van der Waals surface area contributed by atoms with E-state index in [1.54, 1.807) is 6.07 Å². The zero-order valence-corrected chi connectivity index (χ0v) is 12.2. The largest absolute Gasteiger partial charge is 0.310 e. The van der Waals surface area contributed by atoms with Crippen LogP contribution in [0, 0.1) is 5.82 Å². The molecule has 0 aromatic heterocycles. The van der Waals surface area contributed by atoms with Crippen LogP contribution < -0.4 is 5.32 Å². The molecule has 0 aliphatic heterocycles. The molecule has 1 aromatic rings. The summed E-state index contributed by atoms with van der Waals surface area (Å²) in [4.78, 5) is 0. The van der Waals surface area contributed by atoms with E-state index in [0.717, 1.165) is 42.3 Å². The molecule has 1 unspecified atom stereocenters. The molecule has 0 aliphatic rings. The van der Waals surface area contributed by atoms with Crippen LogP contribution in [0.2, 0.25) is 0 Å². The quantitative estimate of drug-likeness (QED) is 0.761. The number of halogens is 2. The number of rotatable bonds is 7. The van der Waals surface area contributed by atoms with Crippen LogP contribution in [0.1, 0.15) is 51.1 Å². The molecular weight excluding hydrogens is 281 g/mol. The molecule has 1 rings (SSSR count). The van der Waals surface area contributed by atoms with Crippen LogP contribution in [-0.4, -0.2) is 6.54 Å². The summed E-state index contributed by atoms with van der Waals surface area (Å²) >= 11 is 3.29. The molecular formula is C14H21BrFN. The highest BCUT2D eigenvalue weighted by molar-refractivity contribution is 9.10. The van der Waals surface area contributed by atoms with E-state index in [2.05, 4.69) is 35.1 Å². The van der Waals surface area contributed by atoms with Crippen molar-refractivity contribution < 1.29 is 4.39 Å². The summed E-state index contributed by atoms with van der Waals surface area (Å²) in [7, 11) is 0. The van der Waals surface area contributed by atoms with Gasteiger partial charge >= 0.3 is 0 Å². The SMILES string of the molecule is CCCCC(NCCC)c1ccc(Br)cc1F. The lowest BCUT2D eigenvalue weighted by Gasteiger charge is -2.19. The Labute approximate surface area is 112 Å². The van der Waals surface area contributed by atoms with Crippen LogP contribution in [0.4, 0.5) is 4.39 Å². The maximum Gasteiger partial charge on any atom is 0.129 e. The second-order valence-corrected chi connectivity index (χ2v) is 5.23. The lowest BCUT2D eigenvalue weighted by atomic mass is 10.0. The van der Waals surface area contributed by atoms with Crippen molar-refractivity contribution in [2.24, 2.45) is 0 Å². The van der Waals surface area contributed by atoms with Crippen molar-refractivity contribution in [2.75, 3.05) is 6.54 Å². The third kappa shape index (κ3) is 4.76. The first-order chi connectivity index (χ1) is 8.19. The fraction of sp³-hybridized carbons (Fsp3) is 0.571. The zero-order valence-electron chi connectivity index (χ0n) is 10.6. The highest BCUT2D eigenvalue weighted by Gasteiger charge is 2.14. The second kappa shape index (κ2) is 7.83. The van der Waals surface area contributed by atoms with E-state index in [1.165, 1.54) is 0 Å². The van der Waals surface area contributed by atoms with Gasteiger partial charge in [0.2, 0.25) is 0 Å². The van der Waals surface area contributed by atoms with Gasteiger partial charge in [-0.25, -0.2) is 4.39 Å². The van der Waals surface area contributed by atoms with E-state index in [-0.39, 0.29) is 11.9 Å². The number of benzene rings is 1. The summed E-state index contributed by atoms with van der Waals surface area (Å²) in [5.74, 6) is -0.121. The molecule has 17 heavy (non-hydrogen) atoms. The fourth-order valence-corrected chi connectivity index (χ4v) is 2.21. The summed E-state index contributed by atoms with van der Waals surface area (Å²) in [6.07, 6.45) is 4.33. The standard InChI is InChI=1S/C14H21BrFN/c1-3-5-6-14(17-9-4-2)12-8-7-11(15)10-13(12)16/h7-8,10,14,17H,3-6,9H2,1-2H3. The molecule has 96 valence electrons. The van der Waals surface area contributed by atoms with Crippen molar-refractivity contribution in [2.45, 2.75) is 45.6 Å². The first-order valence-corrected chi connectivity index (χ1v) is 7.16. The van der Waals surface area contributed by atoms with E-state index >= 15 is 0 Å². The third-order valence-electron chi connectivity index (χ3n) is 2.83. The number of nitrogens with one attached hydrogen (secondary N) is 1. The summed E-state index contributed by atoms with van der Waals surface area (Å²) in [5.41, 5.74) is 0.787. The molecule has 0 spiro atoms. The second-order valence-electron chi connectivity index (χ2n) is 4.31. The molecule has 0 saturated heterocycles. The molecule has 0 bridgehead atoms. The molecule has 1 aromatic carbocycles. The monoisotopic (exact) mass is 301 g/mol. The van der Waals surface area contributed by atoms with E-state index in [4.69, 9.17) is 0 Å². The van der Waals surface area contributed by atoms with Crippen LogP contribution in [0.5, 0.6) is 0 Å². The van der Waals surface area contributed by atoms with Gasteiger partial charge in [0.15, 0.2) is 0 Å². The minimum Gasteiger partial charge on any atom is -0.310 e. The normalized spacial score (nSPS) is 12.7. The van der Waals surface area contributed by atoms with Crippen molar-refractivity contribution in [3.8, 4) is 0 Å². The summed E-state index contributed by atoms with van der Waals surface area (Å²) < 4.78 is 14.7. The Morgan fingerprint density at radius 2 is 2.06 bits per heavy atom. The van der Waals surface area contributed by atoms with Crippen LogP contribution >= 0.6 is 15.9 Å². The average Bonchev–Trinajstić information content (AvgIpc) is 2.30. The Bertz CT molecular complexity index is 333. The predicted molar refractivity (Wildman–Crippen MR) is 74.7 cm³/mol. The van der Waals surface area contributed by atoms with Crippen molar-refractivity contribution in [1.82, 2.24) is 5.32 Å². The Kier molecular flexibility index (Phi) is 6.75. The number of hydrogen-bond acceptors (Lipinski definition) is 1. The van der Waals surface area contributed by atoms with E-state index in [0.29, 0.717) is 0 Å². The summed E-state index contributed by atoms with van der Waals surface area (Å²) in [6, 6.07) is 5.47. The van der Waals surface area contributed by atoms with Crippen molar-refractivity contribution in [1.29, 1.82) is 0 Å². The summed E-state index contributed by atoms with van der Waals surface area (Å²) in [6.45, 7) is 5.22. The predicted octanol–water partition coefficient (Wildman–Crippen LogP) is 4.82. The zero-order chi connectivity index (χ0) is 12.7. The molecule has 0 fully saturated rings. The molecule has 0 amide bonds. The van der Waals surface area contributed by atoms with Gasteiger partial charge in [-0.2, -0.15) is 0 Å². The van der Waals surface area contributed by atoms with Crippen LogP contribution in [0.25, 0.3) is 0 Å². The van der Waals surface area contributed by atoms with Crippen molar-refractivity contribution in [3.05, 3.63) is 34.1 Å². The van der Waals surface area contributed by atoms with Crippen LogP contribution in [-0.2, 0) is 0 Å². The Morgan fingerprint density at radius 1 is 1.29 bits per heavy atom. The number of hydrogen-bond donors (Lipinski definition) is 1. The molecule has 3 heteroatoms. The maximum atomic E-state index is 13.9. The van der Waals surface area contributed by atoms with Crippen molar-refractivity contribution in [3.63, 3.8) is 0 Å². The highest BCUT2D eigenvalue weighted by Crippen LogP contribution is 2.24. The minimum atomic E-state index is -0.121. The first-order valence-electron chi connectivity index (χ1n) is 6.37. The van der Waals surface area contributed by atoms with Gasteiger partial charge in [0.1, 0.15) is 5.82 Å². The summed E-state index contributed by atoms with van der Waals surface area (Å²) in [5, 5.41) is 3.43. The van der Waals surface area contributed by atoms with Crippen molar-refractivity contribution >= 4 is 15.9 Å². The van der Waals surface area contributed by atoms with Crippen LogP contribution in [0.3, 0.4) is 0 Å². The Hall–Kier alpha value is -0.410. The molecule has 0 heterocycles. The van der Waals surface area contributed by atoms with Gasteiger partial charge in [-0.1, -0.05) is 48.7 Å². The highest BCUT2D eigenvalue weighted by atomic mass is 79.9. The number of unbranched alkanes of at least 4 members (excludes halogenated alkanes) is 1. The lowest BCUT2D eigenvalue weighted by Crippen LogP contribution is -2.23. The van der Waals surface area contributed by atoms with Gasteiger partial charge < -0.3 is 5.32 Å². The molecule has 0 saturated carbocycles. The van der Waals surface area contributed by atoms with E-state index in [1.807, 2.05) is 12.1 Å². The van der Waals surface area contributed by atoms with Gasteiger partial charge in [-0.3, -0.25) is 0 Å². The van der Waals surface area contributed by atoms with E-state index < -0.39 is 0 Å². The average molecular weight is 302 g/mol. The van der Waals surface area contributed by atoms with Gasteiger partial charge in [0.05, 0.1) is 0 Å². The molecule has 1 nitrogen and oxygen atoms in total. The smallest absolute Gasteiger partial charge is 0.129 e. The van der Waals surface area contributed by atoms with Gasteiger partial charge in [-0.15, -0.1) is 0 Å². The molecule has 0 radical (unpaired) electrons. The van der Waals surface area contributed by atoms with Crippen LogP contribution in [0.15, 0.2) is 22.7 Å². The third-order valence-corrected chi connectivity index (χ3v) is 3.32. The minimum absolute atomic E-state index is 0.121. The van der Waals surface area contributed by atoms with Gasteiger partial charge in [0, 0.05) is 16.1 Å². The Balaban J connectivity index is 2.79. The molecule has 0 aliphatic carbocycles. The Morgan fingerprint density at radius 3 is 2.65 bits per heavy atom. The van der Waals surface area contributed by atoms with Gasteiger partial charge in [-0.05, 0) is 31.5 Å². The maximum absolute atomic E-state index is 13.9. The first kappa shape index (κ1) is 14.7. The topological polar surface area (TPSA) is 12.0 Å². The lowest BCUT2D eigenvalue weighted by molar-refractivity contribution is 0.459. The fourth-order valence-electron chi connectivity index (χ4n) is 1.88. The molecule has 1 atom stereocenters. The molecule has 1 N–H and O–H groups in total.